The molecule has 0 radical (unpaired) electrons. The second kappa shape index (κ2) is 5.32. The molecule has 1 aromatic rings. The number of hydrogen-bond donors (Lipinski definition) is 0. The van der Waals surface area contributed by atoms with E-state index >= 15 is 0 Å². The first-order chi connectivity index (χ1) is 9.25. The smallest absolute Gasteiger partial charge is 0.223 e. The topological polar surface area (TPSA) is 34.5 Å². The molecular formula is C16H22N2O. The molecule has 0 bridgehead atoms. The van der Waals surface area contributed by atoms with Crippen molar-refractivity contribution in [1.82, 2.24) is 4.98 Å². The number of rotatable bonds is 3. The van der Waals surface area contributed by atoms with Crippen molar-refractivity contribution in [3.8, 4) is 5.88 Å². The zero-order valence-electron chi connectivity index (χ0n) is 11.9. The van der Waals surface area contributed by atoms with Crippen molar-refractivity contribution in [1.29, 1.82) is 0 Å². The molecule has 102 valence electrons. The van der Waals surface area contributed by atoms with Gasteiger partial charge in [-0.3, -0.25) is 4.99 Å². The highest BCUT2D eigenvalue weighted by Gasteiger charge is 2.25. The van der Waals surface area contributed by atoms with Crippen LogP contribution in [0.25, 0.3) is 0 Å². The molecule has 3 heteroatoms. The number of fused-ring (bicyclic) bond motifs is 1. The molecule has 0 saturated heterocycles. The van der Waals surface area contributed by atoms with Crippen molar-refractivity contribution in [2.24, 2.45) is 10.9 Å². The van der Waals surface area contributed by atoms with Crippen LogP contribution in [-0.4, -0.2) is 16.8 Å². The molecule has 19 heavy (non-hydrogen) atoms. The second-order valence-electron chi connectivity index (χ2n) is 5.88. The number of aromatic nitrogens is 1. The number of nitrogens with zero attached hydrogens (tertiary/aromatic N) is 2. The van der Waals surface area contributed by atoms with E-state index in [-0.39, 0.29) is 0 Å². The lowest BCUT2D eigenvalue weighted by molar-refractivity contribution is 0.148. The molecule has 0 N–H and O–H groups in total. The summed E-state index contributed by atoms with van der Waals surface area (Å²) in [5.41, 5.74) is 3.60. The zero-order valence-corrected chi connectivity index (χ0v) is 11.9. The standard InChI is InChI=1S/C16H22N2O/c1-11(2)15-14-12(10-18-15)8-9-17-16(14)19-13-6-4-3-5-7-13/h8-9,11,13H,3-7,10H2,1-2H3. The minimum atomic E-state index is 0.349. The van der Waals surface area contributed by atoms with Crippen LogP contribution in [0.4, 0.5) is 0 Å². The van der Waals surface area contributed by atoms with Gasteiger partial charge >= 0.3 is 0 Å². The van der Waals surface area contributed by atoms with Gasteiger partial charge in [0.2, 0.25) is 5.88 Å². The van der Waals surface area contributed by atoms with Gasteiger partial charge in [-0.2, -0.15) is 0 Å². The van der Waals surface area contributed by atoms with Crippen LogP contribution >= 0.6 is 0 Å². The van der Waals surface area contributed by atoms with E-state index in [4.69, 9.17) is 4.74 Å². The van der Waals surface area contributed by atoms with E-state index in [9.17, 15) is 0 Å². The Morgan fingerprint density at radius 2 is 2.00 bits per heavy atom. The van der Waals surface area contributed by atoms with Crippen LogP contribution in [0.15, 0.2) is 17.3 Å². The van der Waals surface area contributed by atoms with Gasteiger partial charge < -0.3 is 4.74 Å². The van der Waals surface area contributed by atoms with Gasteiger partial charge in [0.1, 0.15) is 6.10 Å². The maximum absolute atomic E-state index is 6.19. The van der Waals surface area contributed by atoms with Crippen LogP contribution in [0.2, 0.25) is 0 Å². The largest absolute Gasteiger partial charge is 0.474 e. The molecule has 0 atom stereocenters. The summed E-state index contributed by atoms with van der Waals surface area (Å²) in [5.74, 6) is 1.24. The van der Waals surface area contributed by atoms with E-state index < -0.39 is 0 Å². The molecule has 2 aliphatic rings. The van der Waals surface area contributed by atoms with Crippen molar-refractivity contribution >= 4 is 5.71 Å². The van der Waals surface area contributed by atoms with Crippen LogP contribution < -0.4 is 4.74 Å². The van der Waals surface area contributed by atoms with Crippen LogP contribution in [0.5, 0.6) is 5.88 Å². The summed E-state index contributed by atoms with van der Waals surface area (Å²) in [6.07, 6.45) is 8.45. The summed E-state index contributed by atoms with van der Waals surface area (Å²) < 4.78 is 6.19. The van der Waals surface area contributed by atoms with Crippen LogP contribution in [0.1, 0.15) is 57.1 Å². The molecular weight excluding hydrogens is 236 g/mol. The maximum atomic E-state index is 6.19. The highest BCUT2D eigenvalue weighted by molar-refractivity contribution is 6.06. The number of pyridine rings is 1. The quantitative estimate of drug-likeness (QED) is 0.827. The fourth-order valence-electron chi connectivity index (χ4n) is 3.04. The molecule has 2 heterocycles. The number of aliphatic imine (C=N–C) groups is 1. The Morgan fingerprint density at radius 1 is 1.21 bits per heavy atom. The van der Waals surface area contributed by atoms with Gasteiger partial charge in [-0.05, 0) is 43.2 Å². The minimum absolute atomic E-state index is 0.349. The first kappa shape index (κ1) is 12.6. The van der Waals surface area contributed by atoms with E-state index in [0.29, 0.717) is 12.0 Å². The first-order valence-corrected chi connectivity index (χ1v) is 7.45. The highest BCUT2D eigenvalue weighted by atomic mass is 16.5. The number of hydrogen-bond acceptors (Lipinski definition) is 3. The van der Waals surface area contributed by atoms with Gasteiger partial charge in [-0.15, -0.1) is 0 Å². The fourth-order valence-corrected chi connectivity index (χ4v) is 3.04. The Morgan fingerprint density at radius 3 is 2.74 bits per heavy atom. The summed E-state index contributed by atoms with van der Waals surface area (Å²) in [7, 11) is 0. The van der Waals surface area contributed by atoms with Gasteiger partial charge in [0.05, 0.1) is 17.8 Å². The average Bonchev–Trinajstić information content (AvgIpc) is 2.85. The summed E-state index contributed by atoms with van der Waals surface area (Å²) in [6, 6.07) is 2.07. The Kier molecular flexibility index (Phi) is 3.54. The molecule has 3 rings (SSSR count). The third kappa shape index (κ3) is 2.51. The van der Waals surface area contributed by atoms with Gasteiger partial charge in [0, 0.05) is 6.20 Å². The predicted molar refractivity (Wildman–Crippen MR) is 76.8 cm³/mol. The Balaban J connectivity index is 1.86. The first-order valence-electron chi connectivity index (χ1n) is 7.45. The molecule has 1 saturated carbocycles. The van der Waals surface area contributed by atoms with Gasteiger partial charge in [-0.25, -0.2) is 4.98 Å². The van der Waals surface area contributed by atoms with Crippen molar-refractivity contribution < 1.29 is 4.74 Å². The van der Waals surface area contributed by atoms with E-state index in [1.165, 1.54) is 43.2 Å². The van der Waals surface area contributed by atoms with Crippen molar-refractivity contribution in [2.75, 3.05) is 0 Å². The van der Waals surface area contributed by atoms with Crippen LogP contribution in [0, 0.1) is 5.92 Å². The summed E-state index contributed by atoms with van der Waals surface area (Å²) in [4.78, 5) is 9.13. The van der Waals surface area contributed by atoms with Gasteiger partial charge in [-0.1, -0.05) is 20.3 Å². The predicted octanol–water partition coefficient (Wildman–Crippen LogP) is 3.75. The number of ether oxygens (including phenoxy) is 1. The van der Waals surface area contributed by atoms with E-state index in [0.717, 1.165) is 18.1 Å². The Bertz CT molecular complexity index is 488. The summed E-state index contributed by atoms with van der Waals surface area (Å²) >= 11 is 0. The van der Waals surface area contributed by atoms with Crippen molar-refractivity contribution in [3.63, 3.8) is 0 Å². The van der Waals surface area contributed by atoms with Crippen molar-refractivity contribution in [2.45, 2.75) is 58.6 Å². The molecule has 1 aliphatic carbocycles. The lowest BCUT2D eigenvalue weighted by atomic mass is 9.97. The molecule has 0 spiro atoms. The van der Waals surface area contributed by atoms with Gasteiger partial charge in [0.25, 0.3) is 0 Å². The van der Waals surface area contributed by atoms with Crippen molar-refractivity contribution in [3.05, 3.63) is 23.4 Å². The molecule has 1 aliphatic heterocycles. The van der Waals surface area contributed by atoms with E-state index in [2.05, 4.69) is 29.9 Å². The lowest BCUT2D eigenvalue weighted by Crippen LogP contribution is -2.22. The summed E-state index contributed by atoms with van der Waals surface area (Å²) in [5, 5.41) is 0. The fraction of sp³-hybridized carbons (Fsp3) is 0.625. The Hall–Kier alpha value is -1.38. The summed E-state index contributed by atoms with van der Waals surface area (Å²) in [6.45, 7) is 5.16. The lowest BCUT2D eigenvalue weighted by Gasteiger charge is -2.24. The normalized spacial score (nSPS) is 19.4. The molecule has 3 nitrogen and oxygen atoms in total. The van der Waals surface area contributed by atoms with E-state index in [1.54, 1.807) is 0 Å². The maximum Gasteiger partial charge on any atom is 0.223 e. The monoisotopic (exact) mass is 258 g/mol. The average molecular weight is 258 g/mol. The van der Waals surface area contributed by atoms with E-state index in [1.807, 2.05) is 6.20 Å². The van der Waals surface area contributed by atoms with Crippen LogP contribution in [-0.2, 0) is 6.54 Å². The Labute approximate surface area is 115 Å². The third-order valence-electron chi connectivity index (χ3n) is 4.06. The SMILES string of the molecule is CC(C)C1=NCc2ccnc(OC3CCCCC3)c21. The molecule has 0 aromatic carbocycles. The zero-order chi connectivity index (χ0) is 13.2. The molecule has 0 amide bonds. The van der Waals surface area contributed by atoms with Gasteiger partial charge in [0.15, 0.2) is 0 Å². The van der Waals surface area contributed by atoms with Crippen LogP contribution in [0.3, 0.4) is 0 Å². The molecule has 1 fully saturated rings. The molecule has 1 aromatic heterocycles. The third-order valence-corrected chi connectivity index (χ3v) is 4.06. The minimum Gasteiger partial charge on any atom is -0.474 e. The molecule has 0 unspecified atom stereocenters. The highest BCUT2D eigenvalue weighted by Crippen LogP contribution is 2.31. The second-order valence-corrected chi connectivity index (χ2v) is 5.88.